The summed E-state index contributed by atoms with van der Waals surface area (Å²) in [6.45, 7) is 3.19. The Morgan fingerprint density at radius 3 is 2.44 bits per heavy atom. The third-order valence-electron chi connectivity index (χ3n) is 3.61. The Morgan fingerprint density at radius 2 is 1.89 bits per heavy atom. The van der Waals surface area contributed by atoms with Crippen LogP contribution in [0.2, 0.25) is 0 Å². The van der Waals surface area contributed by atoms with E-state index in [1.54, 1.807) is 0 Å². The molecule has 1 saturated heterocycles. The van der Waals surface area contributed by atoms with Gasteiger partial charge < -0.3 is 0 Å². The fourth-order valence-electron chi connectivity index (χ4n) is 2.44. The number of hydrogen-bond acceptors (Lipinski definition) is 2. The van der Waals surface area contributed by atoms with Crippen LogP contribution < -0.4 is 0 Å². The van der Waals surface area contributed by atoms with Gasteiger partial charge >= 0.3 is 0 Å². The van der Waals surface area contributed by atoms with E-state index >= 15 is 0 Å². The second-order valence-electron chi connectivity index (χ2n) is 4.92. The van der Waals surface area contributed by atoms with E-state index in [2.05, 4.69) is 29.0 Å². The van der Waals surface area contributed by atoms with Gasteiger partial charge in [0.15, 0.2) is 0 Å². The minimum absolute atomic E-state index is 0.607. The van der Waals surface area contributed by atoms with Crippen LogP contribution in [0.5, 0.6) is 0 Å². The highest BCUT2D eigenvalue weighted by atomic mass is 15.1. The smallest absolute Gasteiger partial charge is 0.0624 e. The Bertz CT molecular complexity index is 453. The molecule has 0 aromatic heterocycles. The predicted octanol–water partition coefficient (Wildman–Crippen LogP) is 2.79. The van der Waals surface area contributed by atoms with Crippen molar-refractivity contribution < 1.29 is 0 Å². The first-order valence-electron chi connectivity index (χ1n) is 6.46. The van der Waals surface area contributed by atoms with Crippen molar-refractivity contribution in [2.75, 3.05) is 13.1 Å². The summed E-state index contributed by atoms with van der Waals surface area (Å²) >= 11 is 0. The lowest BCUT2D eigenvalue weighted by atomic mass is 9.94. The van der Waals surface area contributed by atoms with E-state index in [0.29, 0.717) is 12.3 Å². The molecule has 1 aromatic carbocycles. The standard InChI is InChI=1S/C16H18N2/c1-2-14-3-5-16(6-4-14)13-18-11-8-15(7-10-17)9-12-18/h1,3-6,15H,7-9,11-13H2. The van der Waals surface area contributed by atoms with E-state index in [9.17, 15) is 0 Å². The van der Waals surface area contributed by atoms with Gasteiger partial charge in [-0.25, -0.2) is 0 Å². The van der Waals surface area contributed by atoms with Crippen molar-refractivity contribution in [3.63, 3.8) is 0 Å². The van der Waals surface area contributed by atoms with Crippen LogP contribution in [0.25, 0.3) is 0 Å². The maximum absolute atomic E-state index is 8.69. The molecular weight excluding hydrogens is 220 g/mol. The number of rotatable bonds is 3. The Hall–Kier alpha value is -1.77. The molecule has 0 spiro atoms. The highest BCUT2D eigenvalue weighted by molar-refractivity contribution is 5.34. The molecule has 1 fully saturated rings. The van der Waals surface area contributed by atoms with E-state index < -0.39 is 0 Å². The maximum Gasteiger partial charge on any atom is 0.0624 e. The molecule has 0 bridgehead atoms. The fourth-order valence-corrected chi connectivity index (χ4v) is 2.44. The zero-order valence-electron chi connectivity index (χ0n) is 10.6. The summed E-state index contributed by atoms with van der Waals surface area (Å²) in [5, 5.41) is 8.69. The topological polar surface area (TPSA) is 27.0 Å². The maximum atomic E-state index is 8.69. The molecular formula is C16H18N2. The van der Waals surface area contributed by atoms with Crippen LogP contribution in [-0.2, 0) is 6.54 Å². The van der Waals surface area contributed by atoms with E-state index in [4.69, 9.17) is 11.7 Å². The Balaban J connectivity index is 1.84. The average molecular weight is 238 g/mol. The number of nitriles is 1. The molecule has 1 aliphatic heterocycles. The van der Waals surface area contributed by atoms with Crippen molar-refractivity contribution in [3.05, 3.63) is 35.4 Å². The molecule has 1 aliphatic rings. The summed E-state index contributed by atoms with van der Waals surface area (Å²) < 4.78 is 0. The molecule has 0 amide bonds. The third-order valence-corrected chi connectivity index (χ3v) is 3.61. The van der Waals surface area contributed by atoms with Crippen LogP contribution in [-0.4, -0.2) is 18.0 Å². The Kier molecular flexibility index (Phi) is 4.40. The van der Waals surface area contributed by atoms with Gasteiger partial charge in [0.2, 0.25) is 0 Å². The largest absolute Gasteiger partial charge is 0.299 e. The summed E-state index contributed by atoms with van der Waals surface area (Å²) in [6, 6.07) is 10.5. The van der Waals surface area contributed by atoms with Crippen LogP contribution in [0.3, 0.4) is 0 Å². The molecule has 0 N–H and O–H groups in total. The molecule has 0 atom stereocenters. The fraction of sp³-hybridized carbons (Fsp3) is 0.438. The molecule has 92 valence electrons. The molecule has 0 unspecified atom stereocenters. The van der Waals surface area contributed by atoms with Gasteiger partial charge in [0, 0.05) is 18.5 Å². The molecule has 0 radical (unpaired) electrons. The van der Waals surface area contributed by atoms with Crippen molar-refractivity contribution in [1.29, 1.82) is 5.26 Å². The average Bonchev–Trinajstić information content (AvgIpc) is 2.42. The van der Waals surface area contributed by atoms with Crippen LogP contribution in [0.4, 0.5) is 0 Å². The van der Waals surface area contributed by atoms with Crippen molar-refractivity contribution in [2.24, 2.45) is 5.92 Å². The second-order valence-corrected chi connectivity index (χ2v) is 4.92. The molecule has 0 aliphatic carbocycles. The lowest BCUT2D eigenvalue weighted by Gasteiger charge is -2.30. The van der Waals surface area contributed by atoms with Gasteiger partial charge in [0.25, 0.3) is 0 Å². The zero-order chi connectivity index (χ0) is 12.8. The number of hydrogen-bond donors (Lipinski definition) is 0. The monoisotopic (exact) mass is 238 g/mol. The van der Waals surface area contributed by atoms with Gasteiger partial charge in [-0.3, -0.25) is 4.90 Å². The highest BCUT2D eigenvalue weighted by Gasteiger charge is 2.18. The van der Waals surface area contributed by atoms with Gasteiger partial charge in [-0.2, -0.15) is 5.26 Å². The Morgan fingerprint density at radius 1 is 1.22 bits per heavy atom. The van der Waals surface area contributed by atoms with Gasteiger partial charge in [-0.1, -0.05) is 18.1 Å². The van der Waals surface area contributed by atoms with Gasteiger partial charge in [0.05, 0.1) is 6.07 Å². The van der Waals surface area contributed by atoms with Crippen LogP contribution in [0.1, 0.15) is 30.4 Å². The van der Waals surface area contributed by atoms with Crippen LogP contribution >= 0.6 is 0 Å². The molecule has 18 heavy (non-hydrogen) atoms. The zero-order valence-corrected chi connectivity index (χ0v) is 10.6. The summed E-state index contributed by atoms with van der Waals surface area (Å²) in [5.74, 6) is 3.24. The molecule has 2 heteroatoms. The Labute approximate surface area is 109 Å². The minimum atomic E-state index is 0.607. The highest BCUT2D eigenvalue weighted by Crippen LogP contribution is 2.21. The summed E-state index contributed by atoms with van der Waals surface area (Å²) in [6.07, 6.45) is 8.35. The van der Waals surface area contributed by atoms with E-state index in [1.165, 1.54) is 5.56 Å². The number of terminal acetylenes is 1. The van der Waals surface area contributed by atoms with Crippen LogP contribution in [0, 0.1) is 29.6 Å². The van der Waals surface area contributed by atoms with Crippen molar-refractivity contribution in [2.45, 2.75) is 25.8 Å². The van der Waals surface area contributed by atoms with Crippen molar-refractivity contribution in [3.8, 4) is 18.4 Å². The lowest BCUT2D eigenvalue weighted by molar-refractivity contribution is 0.179. The second kappa shape index (κ2) is 6.24. The van der Waals surface area contributed by atoms with E-state index in [-0.39, 0.29) is 0 Å². The first-order valence-corrected chi connectivity index (χ1v) is 6.46. The first-order chi connectivity index (χ1) is 8.81. The molecule has 1 aromatic rings. The predicted molar refractivity (Wildman–Crippen MR) is 72.6 cm³/mol. The molecule has 1 heterocycles. The number of likely N-dealkylation sites (tertiary alicyclic amines) is 1. The molecule has 2 nitrogen and oxygen atoms in total. The van der Waals surface area contributed by atoms with Gasteiger partial charge in [0.1, 0.15) is 0 Å². The van der Waals surface area contributed by atoms with Crippen LogP contribution in [0.15, 0.2) is 24.3 Å². The van der Waals surface area contributed by atoms with Crippen molar-refractivity contribution in [1.82, 2.24) is 4.90 Å². The first kappa shape index (κ1) is 12.7. The van der Waals surface area contributed by atoms with Crippen molar-refractivity contribution >= 4 is 0 Å². The quantitative estimate of drug-likeness (QED) is 0.757. The number of piperidine rings is 1. The summed E-state index contributed by atoms with van der Waals surface area (Å²) in [4.78, 5) is 2.46. The molecule has 2 rings (SSSR count). The molecule has 0 saturated carbocycles. The normalized spacial score (nSPS) is 17.0. The number of nitrogens with zero attached hydrogens (tertiary/aromatic N) is 2. The van der Waals surface area contributed by atoms with E-state index in [1.807, 2.05) is 12.1 Å². The van der Waals surface area contributed by atoms with E-state index in [0.717, 1.165) is 38.0 Å². The minimum Gasteiger partial charge on any atom is -0.299 e. The summed E-state index contributed by atoms with van der Waals surface area (Å²) in [5.41, 5.74) is 2.25. The number of benzene rings is 1. The SMILES string of the molecule is C#Cc1ccc(CN2CCC(CC#N)CC2)cc1. The summed E-state index contributed by atoms with van der Waals surface area (Å²) in [7, 11) is 0. The lowest BCUT2D eigenvalue weighted by Crippen LogP contribution is -2.33. The third kappa shape index (κ3) is 3.36. The van der Waals surface area contributed by atoms with Gasteiger partial charge in [-0.05, 0) is 49.5 Å². The van der Waals surface area contributed by atoms with Gasteiger partial charge in [-0.15, -0.1) is 6.42 Å².